The van der Waals surface area contributed by atoms with Crippen molar-refractivity contribution >= 4 is 7.05 Å². The summed E-state index contributed by atoms with van der Waals surface area (Å²) in [4.78, 5) is 0. The first-order valence-corrected chi connectivity index (χ1v) is 4.28. The molecule has 0 saturated carbocycles. The molecule has 3 heteroatoms. The fraction of sp³-hybridized carbons (Fsp3) is 1.00. The molecule has 0 atom stereocenters. The molecule has 10 heavy (non-hydrogen) atoms. The Kier molecular flexibility index (Phi) is 3.84. The monoisotopic (exact) mass is 141 g/mol. The summed E-state index contributed by atoms with van der Waals surface area (Å²) in [5, 5.41) is 3.33. The standard InChI is InChI=1S/C7H16BNO/c1-2-3-5-8-9-6-4-7-10-8/h9H,2-7H2,1H3. The molecule has 1 aliphatic heterocycles. The summed E-state index contributed by atoms with van der Waals surface area (Å²) in [6, 6.07) is 0. The molecule has 1 saturated heterocycles. The smallest absolute Gasteiger partial charge is 0.379 e. The van der Waals surface area contributed by atoms with Crippen LogP contribution in [0.3, 0.4) is 0 Å². The molecule has 1 rings (SSSR count). The minimum Gasteiger partial charge on any atom is -0.421 e. The van der Waals surface area contributed by atoms with Crippen LogP contribution in [0.4, 0.5) is 0 Å². The van der Waals surface area contributed by atoms with Crippen LogP contribution in [-0.4, -0.2) is 20.2 Å². The third-order valence-corrected chi connectivity index (χ3v) is 1.83. The Morgan fingerprint density at radius 3 is 3.10 bits per heavy atom. The zero-order valence-electron chi connectivity index (χ0n) is 6.73. The van der Waals surface area contributed by atoms with Gasteiger partial charge >= 0.3 is 7.05 Å². The Morgan fingerprint density at radius 1 is 1.60 bits per heavy atom. The Morgan fingerprint density at radius 2 is 2.50 bits per heavy atom. The van der Waals surface area contributed by atoms with Crippen LogP contribution < -0.4 is 5.23 Å². The molecule has 0 bridgehead atoms. The normalized spacial score (nSPS) is 19.5. The van der Waals surface area contributed by atoms with E-state index in [1.165, 1.54) is 25.6 Å². The highest BCUT2D eigenvalue weighted by atomic mass is 16.4. The van der Waals surface area contributed by atoms with Crippen molar-refractivity contribution in [2.75, 3.05) is 13.2 Å². The van der Waals surface area contributed by atoms with Gasteiger partial charge in [0.1, 0.15) is 0 Å². The molecule has 0 spiro atoms. The maximum atomic E-state index is 5.47. The summed E-state index contributed by atoms with van der Waals surface area (Å²) < 4.78 is 5.47. The van der Waals surface area contributed by atoms with Gasteiger partial charge in [-0.05, 0) is 19.3 Å². The van der Waals surface area contributed by atoms with Gasteiger partial charge in [-0.25, -0.2) is 0 Å². The lowest BCUT2D eigenvalue weighted by Gasteiger charge is -2.20. The van der Waals surface area contributed by atoms with Gasteiger partial charge in [-0.3, -0.25) is 0 Å². The van der Waals surface area contributed by atoms with Crippen molar-refractivity contribution in [1.29, 1.82) is 0 Å². The molecule has 1 fully saturated rings. The zero-order chi connectivity index (χ0) is 7.23. The van der Waals surface area contributed by atoms with Crippen LogP contribution in [0.2, 0.25) is 6.32 Å². The number of nitrogens with one attached hydrogen (secondary N) is 1. The van der Waals surface area contributed by atoms with Crippen LogP contribution >= 0.6 is 0 Å². The molecule has 0 aliphatic carbocycles. The van der Waals surface area contributed by atoms with Crippen molar-refractivity contribution in [3.8, 4) is 0 Å². The maximum Gasteiger partial charge on any atom is 0.379 e. The molecule has 0 radical (unpaired) electrons. The Hall–Kier alpha value is -0.0151. The molecule has 1 N–H and O–H groups in total. The van der Waals surface area contributed by atoms with Crippen molar-refractivity contribution in [2.45, 2.75) is 32.5 Å². The van der Waals surface area contributed by atoms with Crippen LogP contribution in [-0.2, 0) is 4.65 Å². The number of unbranched alkanes of at least 4 members (excludes halogenated alkanes) is 1. The molecular formula is C7H16BNO. The van der Waals surface area contributed by atoms with Crippen LogP contribution in [0.25, 0.3) is 0 Å². The van der Waals surface area contributed by atoms with Crippen molar-refractivity contribution in [3.05, 3.63) is 0 Å². The highest BCUT2D eigenvalue weighted by molar-refractivity contribution is 6.49. The second-order valence-electron chi connectivity index (χ2n) is 2.81. The van der Waals surface area contributed by atoms with E-state index in [1.54, 1.807) is 0 Å². The van der Waals surface area contributed by atoms with E-state index in [0.717, 1.165) is 13.2 Å². The lowest BCUT2D eigenvalue weighted by Crippen LogP contribution is -2.42. The largest absolute Gasteiger partial charge is 0.421 e. The molecule has 0 amide bonds. The fourth-order valence-corrected chi connectivity index (χ4v) is 1.19. The molecule has 0 aromatic heterocycles. The molecule has 58 valence electrons. The summed E-state index contributed by atoms with van der Waals surface area (Å²) in [5.74, 6) is 0. The van der Waals surface area contributed by atoms with E-state index >= 15 is 0 Å². The quantitative estimate of drug-likeness (QED) is 0.597. The highest BCUT2D eigenvalue weighted by Crippen LogP contribution is 2.03. The second-order valence-corrected chi connectivity index (χ2v) is 2.81. The lowest BCUT2D eigenvalue weighted by molar-refractivity contribution is 0.278. The van der Waals surface area contributed by atoms with Gasteiger partial charge in [0, 0.05) is 6.61 Å². The van der Waals surface area contributed by atoms with E-state index in [-0.39, 0.29) is 0 Å². The molecular weight excluding hydrogens is 125 g/mol. The topological polar surface area (TPSA) is 21.3 Å². The average molecular weight is 141 g/mol. The Balaban J connectivity index is 2.02. The van der Waals surface area contributed by atoms with Crippen LogP contribution in [0, 0.1) is 0 Å². The van der Waals surface area contributed by atoms with E-state index in [1.807, 2.05) is 0 Å². The number of rotatable bonds is 3. The first-order chi connectivity index (χ1) is 4.93. The van der Waals surface area contributed by atoms with E-state index in [4.69, 9.17) is 4.65 Å². The zero-order valence-corrected chi connectivity index (χ0v) is 6.73. The van der Waals surface area contributed by atoms with Gasteiger partial charge < -0.3 is 9.88 Å². The molecule has 0 aromatic carbocycles. The molecule has 0 unspecified atom stereocenters. The molecule has 2 nitrogen and oxygen atoms in total. The van der Waals surface area contributed by atoms with Crippen LogP contribution in [0.15, 0.2) is 0 Å². The van der Waals surface area contributed by atoms with Gasteiger partial charge in [-0.2, -0.15) is 0 Å². The number of hydrogen-bond acceptors (Lipinski definition) is 2. The predicted octanol–water partition coefficient (Wildman–Crippen LogP) is 1.28. The van der Waals surface area contributed by atoms with Crippen molar-refractivity contribution in [1.82, 2.24) is 5.23 Å². The number of hydrogen-bond donors (Lipinski definition) is 1. The van der Waals surface area contributed by atoms with E-state index < -0.39 is 0 Å². The third-order valence-electron chi connectivity index (χ3n) is 1.83. The van der Waals surface area contributed by atoms with Gasteiger partial charge in [0.15, 0.2) is 0 Å². The van der Waals surface area contributed by atoms with Crippen molar-refractivity contribution < 1.29 is 4.65 Å². The van der Waals surface area contributed by atoms with Crippen molar-refractivity contribution in [2.24, 2.45) is 0 Å². The van der Waals surface area contributed by atoms with Gasteiger partial charge in [0.25, 0.3) is 0 Å². The van der Waals surface area contributed by atoms with Crippen LogP contribution in [0.1, 0.15) is 26.2 Å². The third kappa shape index (κ3) is 2.71. The summed E-state index contributed by atoms with van der Waals surface area (Å²) in [6.07, 6.45) is 4.89. The first kappa shape index (κ1) is 8.09. The molecule has 1 heterocycles. The summed E-state index contributed by atoms with van der Waals surface area (Å²) in [5.41, 5.74) is 0. The van der Waals surface area contributed by atoms with Gasteiger partial charge in [0.2, 0.25) is 0 Å². The maximum absolute atomic E-state index is 5.47. The van der Waals surface area contributed by atoms with E-state index in [2.05, 4.69) is 12.2 Å². The first-order valence-electron chi connectivity index (χ1n) is 4.28. The Labute approximate surface area is 63.5 Å². The average Bonchev–Trinajstić information content (AvgIpc) is 2.03. The fourth-order valence-electron chi connectivity index (χ4n) is 1.19. The summed E-state index contributed by atoms with van der Waals surface area (Å²) in [6.45, 7) is 4.29. The second kappa shape index (κ2) is 4.75. The predicted molar refractivity (Wildman–Crippen MR) is 44.0 cm³/mol. The van der Waals surface area contributed by atoms with Crippen LogP contribution in [0.5, 0.6) is 0 Å². The van der Waals surface area contributed by atoms with E-state index in [0.29, 0.717) is 7.05 Å². The summed E-state index contributed by atoms with van der Waals surface area (Å²) >= 11 is 0. The lowest BCUT2D eigenvalue weighted by atomic mass is 9.75. The molecule has 0 aromatic rings. The van der Waals surface area contributed by atoms with E-state index in [9.17, 15) is 0 Å². The minimum atomic E-state index is 0.355. The summed E-state index contributed by atoms with van der Waals surface area (Å²) in [7, 11) is 0.355. The minimum absolute atomic E-state index is 0.355. The Bertz CT molecular complexity index is 83.7. The van der Waals surface area contributed by atoms with Gasteiger partial charge in [0.05, 0.1) is 0 Å². The highest BCUT2D eigenvalue weighted by Gasteiger charge is 2.17. The van der Waals surface area contributed by atoms with Gasteiger partial charge in [-0.1, -0.05) is 19.8 Å². The molecule has 1 aliphatic rings. The SMILES string of the molecule is CCCCB1NCCCO1. The van der Waals surface area contributed by atoms with Gasteiger partial charge in [-0.15, -0.1) is 0 Å². The van der Waals surface area contributed by atoms with Crippen molar-refractivity contribution in [3.63, 3.8) is 0 Å².